The highest BCUT2D eigenvalue weighted by atomic mass is 19.4. The average molecular weight is 312 g/mol. The second-order valence-corrected chi connectivity index (χ2v) is 5.17. The van der Waals surface area contributed by atoms with Crippen LogP contribution in [0.4, 0.5) is 26.3 Å². The van der Waals surface area contributed by atoms with Crippen molar-refractivity contribution >= 4 is 0 Å². The highest BCUT2D eigenvalue weighted by molar-refractivity contribution is 5.42. The monoisotopic (exact) mass is 312 g/mol. The van der Waals surface area contributed by atoms with E-state index in [-0.39, 0.29) is 6.92 Å². The molecular weight excluding hydrogens is 294 g/mol. The van der Waals surface area contributed by atoms with Gasteiger partial charge in [-0.05, 0) is 36.5 Å². The van der Waals surface area contributed by atoms with Crippen LogP contribution in [-0.2, 0) is 18.5 Å². The normalized spacial score (nSPS) is 15.9. The van der Waals surface area contributed by atoms with Crippen LogP contribution in [0.2, 0.25) is 0 Å². The van der Waals surface area contributed by atoms with E-state index in [1.54, 1.807) is 20.8 Å². The van der Waals surface area contributed by atoms with Gasteiger partial charge in [-0.1, -0.05) is 26.0 Å². The minimum Gasteiger partial charge on any atom is -0.222 e. The fourth-order valence-electron chi connectivity index (χ4n) is 2.44. The molecular formula is C15H18F6. The van der Waals surface area contributed by atoms with Crippen LogP contribution >= 0.6 is 0 Å². The molecule has 0 heterocycles. The van der Waals surface area contributed by atoms with Crippen molar-refractivity contribution in [1.29, 1.82) is 0 Å². The molecule has 0 saturated carbocycles. The lowest BCUT2D eigenvalue weighted by atomic mass is 9.84. The van der Waals surface area contributed by atoms with Crippen molar-refractivity contribution < 1.29 is 26.3 Å². The minimum absolute atomic E-state index is 0.0441. The zero-order chi connectivity index (χ0) is 16.6. The van der Waals surface area contributed by atoms with E-state index >= 15 is 0 Å². The third-order valence-corrected chi connectivity index (χ3v) is 3.78. The number of rotatable bonds is 4. The third kappa shape index (κ3) is 2.90. The van der Waals surface area contributed by atoms with Gasteiger partial charge in [0.05, 0.1) is 0 Å². The molecule has 0 aliphatic rings. The Hall–Kier alpha value is -1.20. The van der Waals surface area contributed by atoms with Crippen LogP contribution in [0.25, 0.3) is 0 Å². The van der Waals surface area contributed by atoms with Gasteiger partial charge in [0.1, 0.15) is 0 Å². The smallest absolute Gasteiger partial charge is 0.222 e. The van der Waals surface area contributed by atoms with E-state index in [4.69, 9.17) is 0 Å². The van der Waals surface area contributed by atoms with E-state index in [9.17, 15) is 26.3 Å². The molecule has 21 heavy (non-hydrogen) atoms. The van der Waals surface area contributed by atoms with Crippen molar-refractivity contribution in [1.82, 2.24) is 0 Å². The molecule has 120 valence electrons. The Morgan fingerprint density at radius 1 is 0.857 bits per heavy atom. The van der Waals surface area contributed by atoms with Gasteiger partial charge in [0, 0.05) is 12.5 Å². The second-order valence-electron chi connectivity index (χ2n) is 5.17. The molecule has 1 aromatic rings. The van der Waals surface area contributed by atoms with Crippen LogP contribution in [0, 0.1) is 6.92 Å². The predicted octanol–water partition coefficient (Wildman–Crippen LogP) is 5.50. The zero-order valence-corrected chi connectivity index (χ0v) is 12.3. The summed E-state index contributed by atoms with van der Waals surface area (Å²) in [6, 6.07) is 1.80. The van der Waals surface area contributed by atoms with E-state index in [2.05, 4.69) is 0 Å². The molecule has 0 bridgehead atoms. The molecule has 1 atom stereocenters. The first-order chi connectivity index (χ1) is 9.40. The molecule has 0 spiro atoms. The molecule has 0 nitrogen and oxygen atoms in total. The molecule has 1 unspecified atom stereocenters. The van der Waals surface area contributed by atoms with Crippen molar-refractivity contribution in [2.75, 3.05) is 0 Å². The van der Waals surface area contributed by atoms with Crippen molar-refractivity contribution in [3.05, 3.63) is 34.4 Å². The third-order valence-electron chi connectivity index (χ3n) is 3.78. The van der Waals surface area contributed by atoms with E-state index in [1.165, 1.54) is 0 Å². The van der Waals surface area contributed by atoms with E-state index in [0.717, 1.165) is 12.1 Å². The average Bonchev–Trinajstić information content (AvgIpc) is 2.35. The Morgan fingerprint density at radius 2 is 1.24 bits per heavy atom. The highest BCUT2D eigenvalue weighted by Gasteiger charge is 2.70. The molecule has 6 heteroatoms. The molecule has 0 aromatic heterocycles. The van der Waals surface area contributed by atoms with E-state index < -0.39 is 23.3 Å². The predicted molar refractivity (Wildman–Crippen MR) is 69.4 cm³/mol. The van der Waals surface area contributed by atoms with E-state index in [1.807, 2.05) is 0 Å². The topological polar surface area (TPSA) is 0 Å². The van der Waals surface area contributed by atoms with Gasteiger partial charge in [-0.15, -0.1) is 0 Å². The summed E-state index contributed by atoms with van der Waals surface area (Å²) < 4.78 is 80.3. The Morgan fingerprint density at radius 3 is 1.48 bits per heavy atom. The van der Waals surface area contributed by atoms with Crippen molar-refractivity contribution in [2.24, 2.45) is 0 Å². The molecule has 0 aliphatic carbocycles. The van der Waals surface area contributed by atoms with Gasteiger partial charge in [0.2, 0.25) is 0 Å². The van der Waals surface area contributed by atoms with Crippen LogP contribution in [0.3, 0.4) is 0 Å². The summed E-state index contributed by atoms with van der Waals surface area (Å²) in [7, 11) is 0. The van der Waals surface area contributed by atoms with Gasteiger partial charge < -0.3 is 0 Å². The number of benzene rings is 1. The quantitative estimate of drug-likeness (QED) is 0.644. The molecule has 0 fully saturated rings. The van der Waals surface area contributed by atoms with Crippen molar-refractivity contribution in [3.63, 3.8) is 0 Å². The molecule has 0 aliphatic heterocycles. The largest absolute Gasteiger partial charge is 0.432 e. The first-order valence-corrected chi connectivity index (χ1v) is 6.66. The summed E-state index contributed by atoms with van der Waals surface area (Å²) in [6.45, 7) is 5.02. The Kier molecular flexibility index (Phi) is 4.71. The maximum absolute atomic E-state index is 14.4. The minimum atomic E-state index is -5.70. The number of aryl methyl sites for hydroxylation is 2. The summed E-state index contributed by atoms with van der Waals surface area (Å²) in [4.78, 5) is 0. The number of halogens is 6. The zero-order valence-electron chi connectivity index (χ0n) is 12.3. The summed E-state index contributed by atoms with van der Waals surface area (Å²) in [5.74, 6) is -4.57. The summed E-state index contributed by atoms with van der Waals surface area (Å²) in [6.07, 6.45) is -5.01. The fraction of sp³-hybridized carbons (Fsp3) is 0.600. The Balaban J connectivity index is 3.69. The van der Waals surface area contributed by atoms with Crippen molar-refractivity contribution in [3.8, 4) is 0 Å². The standard InChI is InChI=1S/C15H18F6/c1-5-10-7-12(8-11(6-2)9(10)3)14(18,13(4,16)17)15(19,20)21/h7-8H,5-6H2,1-4H3. The Bertz CT molecular complexity index is 471. The van der Waals surface area contributed by atoms with Gasteiger partial charge >= 0.3 is 6.18 Å². The van der Waals surface area contributed by atoms with Gasteiger partial charge in [-0.2, -0.15) is 13.2 Å². The first kappa shape index (κ1) is 17.9. The first-order valence-electron chi connectivity index (χ1n) is 6.66. The van der Waals surface area contributed by atoms with Crippen LogP contribution in [0.15, 0.2) is 12.1 Å². The molecule has 0 radical (unpaired) electrons. The van der Waals surface area contributed by atoms with Gasteiger partial charge in [0.15, 0.2) is 0 Å². The van der Waals surface area contributed by atoms with Gasteiger partial charge in [0.25, 0.3) is 11.6 Å². The maximum atomic E-state index is 14.4. The van der Waals surface area contributed by atoms with Crippen LogP contribution in [-0.4, -0.2) is 12.1 Å². The number of hydrogen-bond acceptors (Lipinski definition) is 0. The lowest BCUT2D eigenvalue weighted by Crippen LogP contribution is -2.51. The van der Waals surface area contributed by atoms with Crippen LogP contribution in [0.5, 0.6) is 0 Å². The summed E-state index contributed by atoms with van der Waals surface area (Å²) in [5.41, 5.74) is -4.11. The lowest BCUT2D eigenvalue weighted by Gasteiger charge is -2.34. The van der Waals surface area contributed by atoms with Gasteiger partial charge in [-0.25, -0.2) is 13.2 Å². The highest BCUT2D eigenvalue weighted by Crippen LogP contribution is 2.52. The molecule has 0 N–H and O–H groups in total. The SMILES string of the molecule is CCc1cc(C(F)(C(C)(F)F)C(F)(F)F)cc(CC)c1C. The van der Waals surface area contributed by atoms with Crippen LogP contribution in [0.1, 0.15) is 43.0 Å². The maximum Gasteiger partial charge on any atom is 0.432 e. The number of hydrogen-bond donors (Lipinski definition) is 0. The molecule has 0 amide bonds. The lowest BCUT2D eigenvalue weighted by molar-refractivity contribution is -0.304. The fourth-order valence-corrected chi connectivity index (χ4v) is 2.44. The summed E-state index contributed by atoms with van der Waals surface area (Å²) >= 11 is 0. The van der Waals surface area contributed by atoms with Crippen molar-refractivity contribution in [2.45, 2.75) is 58.3 Å². The van der Waals surface area contributed by atoms with Gasteiger partial charge in [-0.3, -0.25) is 0 Å². The molecule has 0 saturated heterocycles. The molecule has 1 aromatic carbocycles. The van der Waals surface area contributed by atoms with E-state index in [0.29, 0.717) is 29.5 Å². The summed E-state index contributed by atoms with van der Waals surface area (Å²) in [5, 5.41) is 0. The Labute approximate surface area is 120 Å². The van der Waals surface area contributed by atoms with Crippen LogP contribution < -0.4 is 0 Å². The number of alkyl halides is 6. The second kappa shape index (κ2) is 5.54. The molecule has 1 rings (SSSR count).